The monoisotopic (exact) mass is 1130 g/mol. The van der Waals surface area contributed by atoms with E-state index >= 15 is 0 Å². The largest absolute Gasteiger partial charge is 0.192 e. The van der Waals surface area contributed by atoms with Crippen LogP contribution in [0, 0.1) is 11.3 Å². The van der Waals surface area contributed by atoms with Gasteiger partial charge in [0.05, 0.1) is 11.6 Å². The Bertz CT molecular complexity index is 6480. The first kappa shape index (κ1) is 47.2. The van der Waals surface area contributed by atoms with Gasteiger partial charge in [0, 0.05) is 5.39 Å². The smallest absolute Gasteiger partial charge is 0.0998 e. The number of hydrogen-bond donors (Lipinski definition) is 0. The van der Waals surface area contributed by atoms with Crippen molar-refractivity contribution < 1.29 is 0 Å². The molecule has 0 atom stereocenters. The molecule has 0 N–H and O–H groups in total. The first-order valence-corrected chi connectivity index (χ1v) is 31.4. The van der Waals surface area contributed by atoms with Crippen LogP contribution in [0.4, 0.5) is 0 Å². The third-order valence-electron chi connectivity index (χ3n) is 21.4. The van der Waals surface area contributed by atoms with E-state index in [1.54, 1.807) is 0 Å². The Labute approximate surface area is 515 Å². The van der Waals surface area contributed by atoms with Crippen LogP contribution < -0.4 is 0 Å². The molecular weight excluding hydrogens is 1080 g/mol. The second kappa shape index (κ2) is 16.8. The summed E-state index contributed by atoms with van der Waals surface area (Å²) in [7, 11) is 0. The van der Waals surface area contributed by atoms with E-state index in [1.807, 2.05) is 6.07 Å². The molecule has 0 aromatic heterocycles. The lowest BCUT2D eigenvalue weighted by Crippen LogP contribution is -1.96. The van der Waals surface area contributed by atoms with Gasteiger partial charge in [0.15, 0.2) is 0 Å². The van der Waals surface area contributed by atoms with E-state index in [-0.39, 0.29) is 0 Å². The molecule has 406 valence electrons. The third kappa shape index (κ3) is 5.58. The molecule has 0 fully saturated rings. The van der Waals surface area contributed by atoms with E-state index < -0.39 is 0 Å². The fourth-order valence-electron chi connectivity index (χ4n) is 18.1. The summed E-state index contributed by atoms with van der Waals surface area (Å²) in [5.41, 5.74) is 15.9. The maximum absolute atomic E-state index is 10.5. The molecule has 0 unspecified atom stereocenters. The van der Waals surface area contributed by atoms with Crippen LogP contribution in [0.1, 0.15) is 5.56 Å². The summed E-state index contributed by atoms with van der Waals surface area (Å²) < 4.78 is 0. The highest BCUT2D eigenvalue weighted by Gasteiger charge is 2.35. The van der Waals surface area contributed by atoms with Crippen molar-refractivity contribution in [2.24, 2.45) is 0 Å². The SMILES string of the molecule is N#Cc1ccc2c3c(-c4ccccc4)c4c5ccc6c7ccc8c9ccc%10c%11c(ccc(c%12ccc(c%13ccc(c4c(-c4ccccc4)c3c3cccc1c32)c5c%136)c7c%128)c%119)-c1c-%10c(-c2ccccc2)c2c3ccccc3c3ccccc3c2c1-c1ccccc1. The highest BCUT2D eigenvalue weighted by Crippen LogP contribution is 2.63. The quantitative estimate of drug-likeness (QED) is 0.127. The molecule has 0 bridgehead atoms. The number of fused-ring (bicyclic) bond motifs is 19. The van der Waals surface area contributed by atoms with E-state index in [0.29, 0.717) is 5.56 Å². The molecule has 21 aromatic carbocycles. The van der Waals surface area contributed by atoms with Gasteiger partial charge in [-0.2, -0.15) is 5.26 Å². The minimum atomic E-state index is 0.705. The Morgan fingerprint density at radius 3 is 0.811 bits per heavy atom. The summed E-state index contributed by atoms with van der Waals surface area (Å²) in [6.07, 6.45) is 0. The first-order chi connectivity index (χ1) is 44.7. The molecule has 0 radical (unpaired) electrons. The molecule has 21 aromatic rings. The summed E-state index contributed by atoms with van der Waals surface area (Å²) in [4.78, 5) is 0. The van der Waals surface area contributed by atoms with Crippen molar-refractivity contribution in [3.8, 4) is 72.8 Å². The van der Waals surface area contributed by atoms with E-state index in [4.69, 9.17) is 0 Å². The number of benzene rings is 19. The van der Waals surface area contributed by atoms with Crippen LogP contribution in [-0.2, 0) is 0 Å². The average Bonchev–Trinajstić information content (AvgIpc) is 1.42. The molecule has 1 nitrogen and oxygen atoms in total. The van der Waals surface area contributed by atoms with Crippen molar-refractivity contribution in [1.82, 2.24) is 0 Å². The van der Waals surface area contributed by atoms with Crippen LogP contribution in [0.3, 0.4) is 0 Å². The molecule has 0 saturated heterocycles. The van der Waals surface area contributed by atoms with Crippen LogP contribution in [0.15, 0.2) is 273 Å². The van der Waals surface area contributed by atoms with Crippen molar-refractivity contribution in [2.75, 3.05) is 0 Å². The predicted octanol–water partition coefficient (Wildman–Crippen LogP) is 24.9. The van der Waals surface area contributed by atoms with E-state index in [2.05, 4.69) is 273 Å². The molecular formula is C89H45N. The summed E-state index contributed by atoms with van der Waals surface area (Å²) in [5, 5.41) is 48.7. The zero-order valence-corrected chi connectivity index (χ0v) is 48.4. The summed E-state index contributed by atoms with van der Waals surface area (Å²) >= 11 is 0. The number of hydrogen-bond acceptors (Lipinski definition) is 1. The lowest BCUT2D eigenvalue weighted by Gasteiger charge is -2.23. The second-order valence-corrected chi connectivity index (χ2v) is 25.3. The van der Waals surface area contributed by atoms with Gasteiger partial charge in [0.2, 0.25) is 0 Å². The topological polar surface area (TPSA) is 23.8 Å². The number of nitriles is 1. The van der Waals surface area contributed by atoms with E-state index in [0.717, 1.165) is 10.8 Å². The molecule has 1 aliphatic carbocycles. The van der Waals surface area contributed by atoms with Crippen LogP contribution in [0.5, 0.6) is 0 Å². The third-order valence-corrected chi connectivity index (χ3v) is 21.4. The normalized spacial score (nSPS) is 12.7. The predicted molar refractivity (Wildman–Crippen MR) is 385 cm³/mol. The summed E-state index contributed by atoms with van der Waals surface area (Å²) in [6, 6.07) is 106. The van der Waals surface area contributed by atoms with Gasteiger partial charge >= 0.3 is 0 Å². The van der Waals surface area contributed by atoms with Gasteiger partial charge in [-0.3, -0.25) is 0 Å². The highest BCUT2D eigenvalue weighted by atomic mass is 14.4. The molecule has 1 heteroatoms. The van der Waals surface area contributed by atoms with Gasteiger partial charge in [-0.1, -0.05) is 267 Å². The fourth-order valence-corrected chi connectivity index (χ4v) is 18.1. The van der Waals surface area contributed by atoms with Crippen molar-refractivity contribution in [3.63, 3.8) is 0 Å². The molecule has 0 saturated carbocycles. The van der Waals surface area contributed by atoms with Crippen molar-refractivity contribution in [1.29, 1.82) is 5.26 Å². The zero-order chi connectivity index (χ0) is 58.4. The van der Waals surface area contributed by atoms with E-state index in [9.17, 15) is 5.26 Å². The van der Waals surface area contributed by atoms with Crippen LogP contribution in [0.25, 0.3) is 228 Å². The lowest BCUT2D eigenvalue weighted by molar-refractivity contribution is 1.51. The summed E-state index contributed by atoms with van der Waals surface area (Å²) in [5.74, 6) is 0. The van der Waals surface area contributed by atoms with Crippen molar-refractivity contribution >= 4 is 162 Å². The maximum atomic E-state index is 10.5. The fraction of sp³-hybridized carbons (Fsp3) is 0. The van der Waals surface area contributed by atoms with Crippen LogP contribution in [0.2, 0.25) is 0 Å². The van der Waals surface area contributed by atoms with Gasteiger partial charge in [0.25, 0.3) is 0 Å². The standard InChI is InChI=1S/C89H45N/c90-46-51-32-33-66-75-52(51)30-17-31-65(75)84-73(49-22-9-3-10-23-49)88-69-44-40-63-59-36-34-57-61-38-42-67-80-68(43-39-62(78(61)80)58-35-37-60(77(59)76(57)58)64-41-45-70(81(69)79(63)64)89(88)74(85(66)84)50-24-11-4-12-25-50)87-72(48-20-7-2-8-21-48)83-56-29-16-14-27-54(56)53-26-13-15-28-55(53)82(83)71(86(67)87)47-18-5-1-6-19-47/h1-45H. The maximum Gasteiger partial charge on any atom is 0.0998 e. The van der Waals surface area contributed by atoms with Crippen molar-refractivity contribution in [3.05, 3.63) is 279 Å². The van der Waals surface area contributed by atoms with Gasteiger partial charge < -0.3 is 0 Å². The second-order valence-electron chi connectivity index (χ2n) is 25.3. The molecule has 0 aliphatic heterocycles. The minimum absolute atomic E-state index is 0.705. The molecule has 90 heavy (non-hydrogen) atoms. The van der Waals surface area contributed by atoms with E-state index in [1.165, 1.54) is 218 Å². The van der Waals surface area contributed by atoms with Gasteiger partial charge in [-0.25, -0.2) is 0 Å². The lowest BCUT2D eigenvalue weighted by atomic mass is 9.79. The van der Waals surface area contributed by atoms with Crippen molar-refractivity contribution in [2.45, 2.75) is 0 Å². The number of nitrogens with zero attached hydrogens (tertiary/aromatic N) is 1. The Morgan fingerprint density at radius 2 is 0.411 bits per heavy atom. The Balaban J connectivity index is 0.863. The average molecular weight is 1130 g/mol. The highest BCUT2D eigenvalue weighted by molar-refractivity contribution is 6.51. The first-order valence-electron chi connectivity index (χ1n) is 31.4. The van der Waals surface area contributed by atoms with Crippen LogP contribution >= 0.6 is 0 Å². The van der Waals surface area contributed by atoms with Crippen LogP contribution in [-0.4, -0.2) is 0 Å². The number of rotatable bonds is 4. The van der Waals surface area contributed by atoms with Gasteiger partial charge in [0.1, 0.15) is 0 Å². The zero-order valence-electron chi connectivity index (χ0n) is 48.4. The molecule has 0 heterocycles. The van der Waals surface area contributed by atoms with Gasteiger partial charge in [-0.15, -0.1) is 0 Å². The Kier molecular flexibility index (Phi) is 8.80. The summed E-state index contributed by atoms with van der Waals surface area (Å²) in [6.45, 7) is 0. The minimum Gasteiger partial charge on any atom is -0.192 e. The Morgan fingerprint density at radius 1 is 0.156 bits per heavy atom. The Hall–Kier alpha value is -12.0. The molecule has 1 aliphatic rings. The molecule has 0 amide bonds. The van der Waals surface area contributed by atoms with Gasteiger partial charge in [-0.05, 0) is 229 Å². The molecule has 22 rings (SSSR count). The molecule has 0 spiro atoms.